The van der Waals surface area contributed by atoms with Gasteiger partial charge in [-0.3, -0.25) is 0 Å². The highest BCUT2D eigenvalue weighted by Crippen LogP contribution is 2.20. The molecule has 2 aromatic carbocycles. The van der Waals surface area contributed by atoms with Crippen LogP contribution in [0.5, 0.6) is 0 Å². The standard InChI is InChI=1S/C18H22F2N2O4S2/c1-2-22(15-7-4-3-5-8-15)14-6-13-21-28(25,26)17-11-9-16(10-12-17)27(23,24)18(19)20/h3-5,7-12,18,21H,2,6,13-14H2,1H3. The van der Waals surface area contributed by atoms with E-state index in [9.17, 15) is 25.6 Å². The number of rotatable bonds is 10. The Balaban J connectivity index is 1.95. The van der Waals surface area contributed by atoms with Crippen molar-refractivity contribution < 1.29 is 25.6 Å². The van der Waals surface area contributed by atoms with Crippen LogP contribution >= 0.6 is 0 Å². The molecule has 0 atom stereocenters. The molecule has 0 saturated heterocycles. The SMILES string of the molecule is CCN(CCCNS(=O)(=O)c1ccc(S(=O)(=O)C(F)F)cc1)c1ccccc1. The van der Waals surface area contributed by atoms with Gasteiger partial charge < -0.3 is 4.90 Å². The van der Waals surface area contributed by atoms with E-state index in [0.717, 1.165) is 36.5 Å². The molecule has 154 valence electrons. The summed E-state index contributed by atoms with van der Waals surface area (Å²) in [6, 6.07) is 13.5. The van der Waals surface area contributed by atoms with E-state index in [1.54, 1.807) is 0 Å². The van der Waals surface area contributed by atoms with Crippen LogP contribution in [-0.2, 0) is 19.9 Å². The summed E-state index contributed by atoms with van der Waals surface area (Å²) >= 11 is 0. The minimum atomic E-state index is -4.75. The van der Waals surface area contributed by atoms with Gasteiger partial charge in [-0.05, 0) is 49.7 Å². The molecule has 0 unspecified atom stereocenters. The number of nitrogens with one attached hydrogen (secondary N) is 1. The number of nitrogens with zero attached hydrogens (tertiary/aromatic N) is 1. The predicted octanol–water partition coefficient (Wildman–Crippen LogP) is 2.88. The Morgan fingerprint density at radius 3 is 2.04 bits per heavy atom. The summed E-state index contributed by atoms with van der Waals surface area (Å²) in [7, 11) is -8.62. The number of anilines is 1. The van der Waals surface area contributed by atoms with Crippen LogP contribution in [0, 0.1) is 0 Å². The first-order valence-electron chi connectivity index (χ1n) is 8.60. The molecule has 0 aliphatic rings. The fraction of sp³-hybridized carbons (Fsp3) is 0.333. The Morgan fingerprint density at radius 2 is 1.50 bits per heavy atom. The number of para-hydroxylation sites is 1. The van der Waals surface area contributed by atoms with E-state index in [-0.39, 0.29) is 11.4 Å². The third-order valence-corrected chi connectivity index (χ3v) is 6.97. The highest BCUT2D eigenvalue weighted by atomic mass is 32.2. The lowest BCUT2D eigenvalue weighted by Crippen LogP contribution is -2.30. The topological polar surface area (TPSA) is 83.6 Å². The summed E-state index contributed by atoms with van der Waals surface area (Å²) in [4.78, 5) is 1.30. The molecule has 0 aromatic heterocycles. The van der Waals surface area contributed by atoms with Crippen LogP contribution in [0.25, 0.3) is 0 Å². The van der Waals surface area contributed by atoms with Crippen molar-refractivity contribution in [2.24, 2.45) is 0 Å². The second kappa shape index (κ2) is 9.44. The van der Waals surface area contributed by atoms with E-state index in [2.05, 4.69) is 9.62 Å². The van der Waals surface area contributed by atoms with Gasteiger partial charge >= 0.3 is 5.76 Å². The number of sulfonamides is 1. The van der Waals surface area contributed by atoms with Crippen molar-refractivity contribution in [1.29, 1.82) is 0 Å². The molecule has 0 aliphatic carbocycles. The van der Waals surface area contributed by atoms with Gasteiger partial charge in [0.1, 0.15) is 0 Å². The maximum absolute atomic E-state index is 12.5. The summed E-state index contributed by atoms with van der Waals surface area (Å²) in [6.45, 7) is 3.61. The molecular weight excluding hydrogens is 410 g/mol. The smallest absolute Gasteiger partial charge is 0.341 e. The average Bonchev–Trinajstić information content (AvgIpc) is 2.68. The molecule has 0 radical (unpaired) electrons. The number of halogens is 2. The molecule has 1 N–H and O–H groups in total. The third-order valence-electron chi connectivity index (χ3n) is 4.10. The van der Waals surface area contributed by atoms with Gasteiger partial charge in [-0.1, -0.05) is 18.2 Å². The zero-order chi connectivity index (χ0) is 20.8. The Labute approximate surface area is 164 Å². The summed E-state index contributed by atoms with van der Waals surface area (Å²) < 4.78 is 74.9. The Kier molecular flexibility index (Phi) is 7.50. The van der Waals surface area contributed by atoms with Gasteiger partial charge in [0.15, 0.2) is 0 Å². The van der Waals surface area contributed by atoms with Crippen molar-refractivity contribution in [3.05, 3.63) is 54.6 Å². The monoisotopic (exact) mass is 432 g/mol. The maximum Gasteiger partial charge on any atom is 0.341 e. The number of hydrogen-bond donors (Lipinski definition) is 1. The Morgan fingerprint density at radius 1 is 0.929 bits per heavy atom. The highest BCUT2D eigenvalue weighted by molar-refractivity contribution is 7.91. The van der Waals surface area contributed by atoms with E-state index >= 15 is 0 Å². The summed E-state index contributed by atoms with van der Waals surface area (Å²) in [5.74, 6) is -3.56. The Hall–Kier alpha value is -2.04. The zero-order valence-corrected chi connectivity index (χ0v) is 16.9. The molecule has 6 nitrogen and oxygen atoms in total. The second-order valence-electron chi connectivity index (χ2n) is 5.94. The van der Waals surface area contributed by atoms with Crippen LogP contribution in [0.4, 0.5) is 14.5 Å². The molecule has 0 spiro atoms. The first kappa shape index (κ1) is 22.3. The van der Waals surface area contributed by atoms with Crippen LogP contribution in [0.1, 0.15) is 13.3 Å². The van der Waals surface area contributed by atoms with Crippen LogP contribution < -0.4 is 9.62 Å². The third kappa shape index (κ3) is 5.49. The molecule has 2 aromatic rings. The molecule has 2 rings (SSSR count). The van der Waals surface area contributed by atoms with Crippen molar-refractivity contribution in [2.75, 3.05) is 24.5 Å². The van der Waals surface area contributed by atoms with Crippen molar-refractivity contribution in [3.8, 4) is 0 Å². The minimum absolute atomic E-state index is 0.183. The van der Waals surface area contributed by atoms with E-state index in [0.29, 0.717) is 13.0 Å². The van der Waals surface area contributed by atoms with Gasteiger partial charge in [0.2, 0.25) is 19.9 Å². The molecule has 0 saturated carbocycles. The van der Waals surface area contributed by atoms with E-state index in [1.165, 1.54) is 0 Å². The maximum atomic E-state index is 12.5. The first-order chi connectivity index (χ1) is 13.2. The Bertz CT molecular complexity index is 964. The van der Waals surface area contributed by atoms with Gasteiger partial charge in [0.05, 0.1) is 9.79 Å². The summed E-state index contributed by atoms with van der Waals surface area (Å²) in [6.07, 6.45) is 0.555. The lowest BCUT2D eigenvalue weighted by Gasteiger charge is -2.23. The molecule has 0 aliphatic heterocycles. The van der Waals surface area contributed by atoms with E-state index in [4.69, 9.17) is 0 Å². The van der Waals surface area contributed by atoms with Crippen molar-refractivity contribution >= 4 is 25.5 Å². The van der Waals surface area contributed by atoms with E-state index in [1.807, 2.05) is 37.3 Å². The van der Waals surface area contributed by atoms with Crippen molar-refractivity contribution in [3.63, 3.8) is 0 Å². The first-order valence-corrected chi connectivity index (χ1v) is 11.6. The van der Waals surface area contributed by atoms with Gasteiger partial charge in [-0.25, -0.2) is 21.6 Å². The predicted molar refractivity (Wildman–Crippen MR) is 104 cm³/mol. The lowest BCUT2D eigenvalue weighted by molar-refractivity contribution is 0.234. The summed E-state index contributed by atoms with van der Waals surface area (Å²) in [5.41, 5.74) is 1.05. The van der Waals surface area contributed by atoms with E-state index < -0.39 is 30.5 Å². The van der Waals surface area contributed by atoms with Gasteiger partial charge in [0, 0.05) is 25.3 Å². The largest absolute Gasteiger partial charge is 0.372 e. The normalized spacial score (nSPS) is 12.3. The average molecular weight is 433 g/mol. The lowest BCUT2D eigenvalue weighted by atomic mass is 10.2. The van der Waals surface area contributed by atoms with Crippen LogP contribution in [0.3, 0.4) is 0 Å². The van der Waals surface area contributed by atoms with Crippen LogP contribution in [0.2, 0.25) is 0 Å². The molecule has 0 fully saturated rings. The summed E-state index contributed by atoms with van der Waals surface area (Å²) in [5, 5.41) is 0. The highest BCUT2D eigenvalue weighted by Gasteiger charge is 2.27. The van der Waals surface area contributed by atoms with Crippen molar-refractivity contribution in [1.82, 2.24) is 4.72 Å². The molecule has 28 heavy (non-hydrogen) atoms. The van der Waals surface area contributed by atoms with Gasteiger partial charge in [-0.2, -0.15) is 8.78 Å². The fourth-order valence-electron chi connectivity index (χ4n) is 2.58. The van der Waals surface area contributed by atoms with Gasteiger partial charge in [0.25, 0.3) is 0 Å². The molecule has 0 heterocycles. The zero-order valence-electron chi connectivity index (χ0n) is 15.3. The van der Waals surface area contributed by atoms with Gasteiger partial charge in [-0.15, -0.1) is 0 Å². The number of benzene rings is 2. The fourth-order valence-corrected chi connectivity index (χ4v) is 4.38. The molecule has 0 bridgehead atoms. The quantitative estimate of drug-likeness (QED) is 0.584. The second-order valence-corrected chi connectivity index (χ2v) is 9.63. The van der Waals surface area contributed by atoms with Crippen molar-refractivity contribution in [2.45, 2.75) is 28.9 Å². The number of hydrogen-bond acceptors (Lipinski definition) is 5. The molecule has 10 heteroatoms. The van der Waals surface area contributed by atoms with Crippen LogP contribution in [0.15, 0.2) is 64.4 Å². The number of alkyl halides is 2. The number of sulfone groups is 1. The van der Waals surface area contributed by atoms with Crippen LogP contribution in [-0.4, -0.2) is 42.2 Å². The minimum Gasteiger partial charge on any atom is -0.372 e. The molecular formula is C18H22F2N2O4S2. The molecule has 0 amide bonds.